The van der Waals surface area contributed by atoms with Gasteiger partial charge in [0.25, 0.3) is 0 Å². The number of nitrogens with zero attached hydrogens (tertiary/aromatic N) is 1. The van der Waals surface area contributed by atoms with E-state index in [0.717, 1.165) is 13.1 Å². The molecule has 2 rings (SSSR count). The maximum Gasteiger partial charge on any atom is 0.0244 e. The molecule has 0 spiro atoms. The van der Waals surface area contributed by atoms with Gasteiger partial charge in [0, 0.05) is 17.6 Å². The summed E-state index contributed by atoms with van der Waals surface area (Å²) in [6.07, 6.45) is 5.38. The van der Waals surface area contributed by atoms with Crippen LogP contribution in [0, 0.1) is 5.41 Å². The molecule has 0 saturated carbocycles. The van der Waals surface area contributed by atoms with E-state index < -0.39 is 0 Å². The molecule has 0 aromatic heterocycles. The molecule has 3 heteroatoms. The molecule has 1 saturated heterocycles. The monoisotopic (exact) mass is 352 g/mol. The van der Waals surface area contributed by atoms with Gasteiger partial charge in [-0.25, -0.2) is 0 Å². The fraction of sp³-hybridized carbons (Fsp3) is 0.667. The van der Waals surface area contributed by atoms with Crippen molar-refractivity contribution in [3.05, 3.63) is 33.8 Å². The van der Waals surface area contributed by atoms with E-state index in [1.54, 1.807) is 0 Å². The minimum atomic E-state index is 0.615. The van der Waals surface area contributed by atoms with Crippen LogP contribution in [0.3, 0.4) is 0 Å². The number of piperidine rings is 1. The summed E-state index contributed by atoms with van der Waals surface area (Å²) in [6, 6.07) is 6.76. The smallest absolute Gasteiger partial charge is 0.0244 e. The lowest BCUT2D eigenvalue weighted by molar-refractivity contribution is 0.0907. The fourth-order valence-corrected chi connectivity index (χ4v) is 3.97. The van der Waals surface area contributed by atoms with E-state index in [2.05, 4.69) is 58.2 Å². The molecule has 1 aromatic carbocycles. The zero-order valence-electron chi connectivity index (χ0n) is 13.7. The quantitative estimate of drug-likeness (QED) is 0.806. The maximum atomic E-state index is 3.74. The van der Waals surface area contributed by atoms with E-state index >= 15 is 0 Å². The van der Waals surface area contributed by atoms with Crippen LogP contribution < -0.4 is 5.32 Å². The van der Waals surface area contributed by atoms with Gasteiger partial charge in [0.2, 0.25) is 0 Å². The molecular formula is C18H29BrN2. The summed E-state index contributed by atoms with van der Waals surface area (Å²) in [4.78, 5) is 2.61. The van der Waals surface area contributed by atoms with Gasteiger partial charge in [-0.3, -0.25) is 4.90 Å². The van der Waals surface area contributed by atoms with E-state index in [0.29, 0.717) is 5.41 Å². The predicted octanol–water partition coefficient (Wildman–Crippen LogP) is 4.57. The van der Waals surface area contributed by atoms with Crippen molar-refractivity contribution in [1.82, 2.24) is 10.2 Å². The molecule has 1 aliphatic rings. The van der Waals surface area contributed by atoms with Gasteiger partial charge in [0.15, 0.2) is 0 Å². The van der Waals surface area contributed by atoms with Crippen LogP contribution >= 0.6 is 15.9 Å². The largest absolute Gasteiger partial charge is 0.316 e. The number of hydrogen-bond acceptors (Lipinski definition) is 2. The Morgan fingerprint density at radius 3 is 2.38 bits per heavy atom. The lowest BCUT2D eigenvalue weighted by Gasteiger charge is -2.41. The Morgan fingerprint density at radius 1 is 1.19 bits per heavy atom. The molecule has 1 aromatic rings. The molecule has 118 valence electrons. The number of nitrogens with one attached hydrogen (secondary N) is 1. The van der Waals surface area contributed by atoms with Gasteiger partial charge < -0.3 is 5.32 Å². The van der Waals surface area contributed by atoms with Crippen molar-refractivity contribution < 1.29 is 0 Å². The molecule has 1 heterocycles. The average molecular weight is 353 g/mol. The summed E-state index contributed by atoms with van der Waals surface area (Å²) in [7, 11) is 1.99. The number of rotatable bonds is 6. The summed E-state index contributed by atoms with van der Waals surface area (Å²) in [5, 5.41) is 3.20. The number of benzene rings is 1. The third kappa shape index (κ3) is 4.30. The zero-order valence-corrected chi connectivity index (χ0v) is 15.3. The Balaban J connectivity index is 1.94. The molecular weight excluding hydrogens is 324 g/mol. The van der Waals surface area contributed by atoms with Crippen molar-refractivity contribution in [2.45, 2.75) is 52.6 Å². The Bertz CT molecular complexity index is 445. The van der Waals surface area contributed by atoms with Crippen LogP contribution in [0.1, 0.15) is 50.7 Å². The van der Waals surface area contributed by atoms with Gasteiger partial charge in [0.05, 0.1) is 0 Å². The molecule has 0 atom stereocenters. The Morgan fingerprint density at radius 2 is 1.86 bits per heavy atom. The summed E-state index contributed by atoms with van der Waals surface area (Å²) >= 11 is 3.74. The SMILES string of the molecule is CCC1(CC)CCN(Cc2ccc(CNC)cc2Br)CC1. The van der Waals surface area contributed by atoms with Crippen molar-refractivity contribution in [2.24, 2.45) is 5.41 Å². The summed E-state index contributed by atoms with van der Waals surface area (Å²) in [5.41, 5.74) is 3.36. The van der Waals surface area contributed by atoms with E-state index in [9.17, 15) is 0 Å². The Labute approximate surface area is 138 Å². The molecule has 0 aliphatic carbocycles. The van der Waals surface area contributed by atoms with Gasteiger partial charge in [-0.2, -0.15) is 0 Å². The first-order valence-electron chi connectivity index (χ1n) is 8.26. The van der Waals surface area contributed by atoms with E-state index in [1.165, 1.54) is 54.4 Å². The van der Waals surface area contributed by atoms with Crippen LogP contribution in [0.4, 0.5) is 0 Å². The Kier molecular flexibility index (Phi) is 6.27. The first-order chi connectivity index (χ1) is 10.1. The summed E-state index contributed by atoms with van der Waals surface area (Å²) < 4.78 is 1.25. The van der Waals surface area contributed by atoms with Crippen molar-refractivity contribution in [3.63, 3.8) is 0 Å². The van der Waals surface area contributed by atoms with Gasteiger partial charge in [-0.15, -0.1) is 0 Å². The third-order valence-electron chi connectivity index (χ3n) is 5.31. The normalized spacial score (nSPS) is 18.9. The number of likely N-dealkylation sites (tertiary alicyclic amines) is 1. The molecule has 1 aliphatic heterocycles. The average Bonchev–Trinajstić information content (AvgIpc) is 2.51. The van der Waals surface area contributed by atoms with Crippen LogP contribution in [0.15, 0.2) is 22.7 Å². The van der Waals surface area contributed by atoms with Crippen LogP contribution in [0.2, 0.25) is 0 Å². The molecule has 1 N–H and O–H groups in total. The van der Waals surface area contributed by atoms with E-state index in [1.807, 2.05) is 7.05 Å². The van der Waals surface area contributed by atoms with Crippen molar-refractivity contribution in [3.8, 4) is 0 Å². The highest BCUT2D eigenvalue weighted by atomic mass is 79.9. The summed E-state index contributed by atoms with van der Waals surface area (Å²) in [5.74, 6) is 0. The molecule has 0 bridgehead atoms. The zero-order chi connectivity index (χ0) is 15.3. The second-order valence-corrected chi connectivity index (χ2v) is 7.29. The maximum absolute atomic E-state index is 3.74. The molecule has 2 nitrogen and oxygen atoms in total. The van der Waals surface area contributed by atoms with Gasteiger partial charge in [-0.05, 0) is 55.6 Å². The lowest BCUT2D eigenvalue weighted by Crippen LogP contribution is -2.39. The highest BCUT2D eigenvalue weighted by Gasteiger charge is 2.31. The van der Waals surface area contributed by atoms with E-state index in [-0.39, 0.29) is 0 Å². The highest BCUT2D eigenvalue weighted by Crippen LogP contribution is 2.38. The predicted molar refractivity (Wildman–Crippen MR) is 94.4 cm³/mol. The van der Waals surface area contributed by atoms with Crippen LogP contribution in [-0.2, 0) is 13.1 Å². The minimum Gasteiger partial charge on any atom is -0.316 e. The third-order valence-corrected chi connectivity index (χ3v) is 6.05. The Hall–Kier alpha value is -0.380. The van der Waals surface area contributed by atoms with Crippen molar-refractivity contribution in [2.75, 3.05) is 20.1 Å². The van der Waals surface area contributed by atoms with Crippen LogP contribution in [-0.4, -0.2) is 25.0 Å². The number of halogens is 1. The van der Waals surface area contributed by atoms with Crippen molar-refractivity contribution >= 4 is 15.9 Å². The molecule has 1 fully saturated rings. The van der Waals surface area contributed by atoms with Crippen LogP contribution in [0.5, 0.6) is 0 Å². The summed E-state index contributed by atoms with van der Waals surface area (Å²) in [6.45, 7) is 9.20. The van der Waals surface area contributed by atoms with Crippen LogP contribution in [0.25, 0.3) is 0 Å². The standard InChI is InChI=1S/C18H29BrN2/c1-4-18(5-2)8-10-21(11-9-18)14-16-7-6-15(13-20-3)12-17(16)19/h6-7,12,20H,4-5,8-11,13-14H2,1-3H3. The number of hydrogen-bond donors (Lipinski definition) is 1. The first kappa shape index (κ1) is 17.0. The molecule has 21 heavy (non-hydrogen) atoms. The van der Waals surface area contributed by atoms with Gasteiger partial charge in [-0.1, -0.05) is 54.8 Å². The topological polar surface area (TPSA) is 15.3 Å². The minimum absolute atomic E-state index is 0.615. The van der Waals surface area contributed by atoms with Gasteiger partial charge in [0.1, 0.15) is 0 Å². The highest BCUT2D eigenvalue weighted by molar-refractivity contribution is 9.10. The molecule has 0 amide bonds. The molecule has 0 radical (unpaired) electrons. The second-order valence-electron chi connectivity index (χ2n) is 6.44. The first-order valence-corrected chi connectivity index (χ1v) is 9.06. The van der Waals surface area contributed by atoms with Gasteiger partial charge >= 0.3 is 0 Å². The van der Waals surface area contributed by atoms with Crippen molar-refractivity contribution in [1.29, 1.82) is 0 Å². The lowest BCUT2D eigenvalue weighted by atomic mass is 9.74. The van der Waals surface area contributed by atoms with E-state index in [4.69, 9.17) is 0 Å². The fourth-order valence-electron chi connectivity index (χ4n) is 3.42. The molecule has 0 unspecified atom stereocenters. The second kappa shape index (κ2) is 7.75.